The highest BCUT2D eigenvalue weighted by molar-refractivity contribution is 5.85. The molecule has 212 valence electrons. The SMILES string of the molecule is C[C@@H]1C[C@@H](O)[C@]2(O)O[C@@H]3C[C@@]4(C)[C@@H](CC[C@@H]5[C@@H]4CC[C@]4(C)[C@@H](C6=CC(=O)OC6)C[C@@H](O)[C@]54O)C[C@H]3O[C@@H]2O1. The molecule has 7 aliphatic rings. The molecule has 9 nitrogen and oxygen atoms in total. The fourth-order valence-electron chi connectivity index (χ4n) is 10.3. The van der Waals surface area contributed by atoms with Crippen LogP contribution in [0.4, 0.5) is 0 Å². The van der Waals surface area contributed by atoms with E-state index >= 15 is 0 Å². The van der Waals surface area contributed by atoms with Gasteiger partial charge in [0.1, 0.15) is 12.7 Å². The summed E-state index contributed by atoms with van der Waals surface area (Å²) in [4.78, 5) is 11.8. The maximum atomic E-state index is 12.5. The second-order valence-corrected chi connectivity index (χ2v) is 14.0. The third-order valence-corrected chi connectivity index (χ3v) is 12.4. The van der Waals surface area contributed by atoms with Crippen LogP contribution in [0.1, 0.15) is 72.1 Å². The van der Waals surface area contributed by atoms with Crippen LogP contribution in [0, 0.1) is 34.5 Å². The van der Waals surface area contributed by atoms with E-state index in [2.05, 4.69) is 13.8 Å². The van der Waals surface area contributed by atoms with Crippen molar-refractivity contribution in [2.75, 3.05) is 6.61 Å². The number of carbonyl (C=O) groups is 1. The number of aliphatic hydroxyl groups excluding tert-OH is 2. The zero-order valence-corrected chi connectivity index (χ0v) is 22.5. The van der Waals surface area contributed by atoms with Crippen molar-refractivity contribution in [1.82, 2.24) is 0 Å². The van der Waals surface area contributed by atoms with E-state index in [1.807, 2.05) is 6.92 Å². The molecule has 0 spiro atoms. The molecule has 9 heteroatoms. The molecule has 2 saturated heterocycles. The summed E-state index contributed by atoms with van der Waals surface area (Å²) < 4.78 is 23.6. The summed E-state index contributed by atoms with van der Waals surface area (Å²) in [6.07, 6.45) is 3.29. The van der Waals surface area contributed by atoms with Crippen LogP contribution < -0.4 is 0 Å². The molecule has 4 aliphatic carbocycles. The van der Waals surface area contributed by atoms with Gasteiger partial charge in [0.15, 0.2) is 0 Å². The van der Waals surface area contributed by atoms with E-state index in [9.17, 15) is 25.2 Å². The van der Waals surface area contributed by atoms with Crippen LogP contribution in [-0.2, 0) is 23.7 Å². The van der Waals surface area contributed by atoms with Gasteiger partial charge in [0.25, 0.3) is 0 Å². The Hall–Kier alpha value is -1.07. The third-order valence-electron chi connectivity index (χ3n) is 12.4. The smallest absolute Gasteiger partial charge is 0.331 e. The molecule has 3 aliphatic heterocycles. The van der Waals surface area contributed by atoms with Gasteiger partial charge in [-0.1, -0.05) is 13.8 Å². The molecule has 14 atom stereocenters. The number of esters is 1. The molecule has 0 amide bonds. The summed E-state index contributed by atoms with van der Waals surface area (Å²) >= 11 is 0. The zero-order valence-electron chi connectivity index (χ0n) is 22.5. The topological polar surface area (TPSA) is 135 Å². The summed E-state index contributed by atoms with van der Waals surface area (Å²) in [5, 5.41) is 45.9. The Bertz CT molecular complexity index is 1050. The second-order valence-electron chi connectivity index (χ2n) is 14.0. The van der Waals surface area contributed by atoms with Gasteiger partial charge in [-0.15, -0.1) is 0 Å². The van der Waals surface area contributed by atoms with Crippen LogP contribution in [0.5, 0.6) is 0 Å². The van der Waals surface area contributed by atoms with Crippen molar-refractivity contribution in [1.29, 1.82) is 0 Å². The monoisotopic (exact) mass is 534 g/mol. The molecule has 0 aromatic rings. The van der Waals surface area contributed by atoms with Gasteiger partial charge in [0.05, 0.1) is 30.0 Å². The highest BCUT2D eigenvalue weighted by Gasteiger charge is 2.72. The largest absolute Gasteiger partial charge is 0.458 e. The number of cyclic esters (lactones) is 1. The van der Waals surface area contributed by atoms with Crippen LogP contribution in [-0.4, -0.2) is 81.2 Å². The molecule has 0 aromatic carbocycles. The first-order valence-electron chi connectivity index (χ1n) is 14.6. The maximum Gasteiger partial charge on any atom is 0.331 e. The Kier molecular flexibility index (Phi) is 5.61. The number of carbonyl (C=O) groups excluding carboxylic acids is 1. The van der Waals surface area contributed by atoms with Gasteiger partial charge in [-0.05, 0) is 86.5 Å². The fraction of sp³-hybridized carbons (Fsp3) is 0.897. The fourth-order valence-corrected chi connectivity index (χ4v) is 10.3. The van der Waals surface area contributed by atoms with E-state index in [-0.39, 0.29) is 60.5 Å². The van der Waals surface area contributed by atoms with E-state index < -0.39 is 35.3 Å². The standard InChI is InChI=1S/C29H42O9/c1-14-8-23(31)29(34)25(36-14)37-20-10-16-4-5-18-17(26(16,2)12-21(20)38-29)6-7-27(3)19(11-22(30)28(18,27)33)15-9-24(32)35-13-15/h9,14,16-23,25,30-31,33-34H,4-8,10-13H2,1-3H3/t14-,16+,17+,18-,19-,20-,21-,22-,23-,25+,26+,27-,28-,29+/m1/s1. The normalized spacial score (nSPS) is 59.6. The predicted molar refractivity (Wildman–Crippen MR) is 132 cm³/mol. The Balaban J connectivity index is 1.17. The molecular weight excluding hydrogens is 492 g/mol. The molecular formula is C29H42O9. The number of rotatable bonds is 1. The second kappa shape index (κ2) is 8.24. The van der Waals surface area contributed by atoms with Crippen molar-refractivity contribution in [3.05, 3.63) is 11.6 Å². The molecule has 0 unspecified atom stereocenters. The number of ether oxygens (including phenoxy) is 4. The summed E-state index contributed by atoms with van der Waals surface area (Å²) in [5.41, 5.74) is -1.08. The van der Waals surface area contributed by atoms with Gasteiger partial charge in [-0.3, -0.25) is 0 Å². The van der Waals surface area contributed by atoms with Gasteiger partial charge < -0.3 is 39.4 Å². The quantitative estimate of drug-likeness (QED) is 0.293. The predicted octanol–water partition coefficient (Wildman–Crippen LogP) is 1.79. The average molecular weight is 535 g/mol. The molecule has 6 fully saturated rings. The molecule has 4 N–H and O–H groups in total. The third kappa shape index (κ3) is 3.21. The van der Waals surface area contributed by atoms with Crippen molar-refractivity contribution >= 4 is 5.97 Å². The lowest BCUT2D eigenvalue weighted by molar-refractivity contribution is -0.458. The highest BCUT2D eigenvalue weighted by Crippen LogP contribution is 2.70. The minimum Gasteiger partial charge on any atom is -0.458 e. The van der Waals surface area contributed by atoms with Gasteiger partial charge in [-0.25, -0.2) is 4.79 Å². The summed E-state index contributed by atoms with van der Waals surface area (Å²) in [7, 11) is 0. The summed E-state index contributed by atoms with van der Waals surface area (Å²) in [6.45, 7) is 6.48. The highest BCUT2D eigenvalue weighted by atomic mass is 16.8. The Morgan fingerprint density at radius 1 is 0.947 bits per heavy atom. The van der Waals surface area contributed by atoms with Gasteiger partial charge >= 0.3 is 5.97 Å². The van der Waals surface area contributed by atoms with E-state index in [0.717, 1.165) is 37.7 Å². The van der Waals surface area contributed by atoms with E-state index in [0.29, 0.717) is 18.8 Å². The lowest BCUT2D eigenvalue weighted by Gasteiger charge is -2.65. The van der Waals surface area contributed by atoms with Crippen LogP contribution in [0.15, 0.2) is 11.6 Å². The van der Waals surface area contributed by atoms with Crippen LogP contribution in [0.3, 0.4) is 0 Å². The van der Waals surface area contributed by atoms with Crippen LogP contribution >= 0.6 is 0 Å². The van der Waals surface area contributed by atoms with Crippen molar-refractivity contribution in [3.8, 4) is 0 Å². The Morgan fingerprint density at radius 2 is 1.74 bits per heavy atom. The number of hydrogen-bond donors (Lipinski definition) is 4. The van der Waals surface area contributed by atoms with Crippen LogP contribution in [0.25, 0.3) is 0 Å². The lowest BCUT2D eigenvalue weighted by atomic mass is 9.42. The minimum absolute atomic E-state index is 0.0810. The first kappa shape index (κ1) is 25.9. The molecule has 0 bridgehead atoms. The average Bonchev–Trinajstić information content (AvgIpc) is 3.36. The van der Waals surface area contributed by atoms with Gasteiger partial charge in [0, 0.05) is 17.9 Å². The molecule has 0 radical (unpaired) electrons. The number of hydrogen-bond acceptors (Lipinski definition) is 9. The lowest BCUT2D eigenvalue weighted by Crippen LogP contribution is -2.71. The Morgan fingerprint density at radius 3 is 2.47 bits per heavy atom. The molecule has 3 heterocycles. The van der Waals surface area contributed by atoms with Gasteiger partial charge in [-0.2, -0.15) is 0 Å². The molecule has 38 heavy (non-hydrogen) atoms. The zero-order chi connectivity index (χ0) is 26.8. The first-order chi connectivity index (χ1) is 17.9. The number of fused-ring (bicyclic) bond motifs is 7. The van der Waals surface area contributed by atoms with Crippen molar-refractivity contribution < 1.29 is 44.2 Å². The summed E-state index contributed by atoms with van der Waals surface area (Å²) in [5.74, 6) is -1.87. The minimum atomic E-state index is -1.89. The molecule has 0 aromatic heterocycles. The summed E-state index contributed by atoms with van der Waals surface area (Å²) in [6, 6.07) is 0. The van der Waals surface area contributed by atoms with Crippen molar-refractivity contribution in [2.45, 2.75) is 120 Å². The first-order valence-corrected chi connectivity index (χ1v) is 14.6. The molecule has 7 rings (SSSR count). The molecule has 4 saturated carbocycles. The van der Waals surface area contributed by atoms with Gasteiger partial charge in [0.2, 0.25) is 12.1 Å². The number of aliphatic hydroxyl groups is 4. The maximum absolute atomic E-state index is 12.5. The van der Waals surface area contributed by atoms with Crippen LogP contribution in [0.2, 0.25) is 0 Å². The van der Waals surface area contributed by atoms with E-state index in [1.165, 1.54) is 0 Å². The van der Waals surface area contributed by atoms with Crippen molar-refractivity contribution in [2.24, 2.45) is 34.5 Å². The van der Waals surface area contributed by atoms with Crippen molar-refractivity contribution in [3.63, 3.8) is 0 Å². The van der Waals surface area contributed by atoms with E-state index in [1.54, 1.807) is 6.08 Å². The Labute approximate surface area is 223 Å². The van der Waals surface area contributed by atoms with E-state index in [4.69, 9.17) is 18.9 Å².